The number of allylic oxidation sites excluding steroid dienone is 1. The Labute approximate surface area is 91.6 Å². The standard InChI is InChI=1S/C13H17Cl/c1-2-3-4-5-6-12-7-9-13(11-14)10-8-12/h5-10H,2-4,11H2,1H3. The van der Waals surface area contributed by atoms with E-state index in [4.69, 9.17) is 11.6 Å². The predicted molar refractivity (Wildman–Crippen MR) is 64.6 cm³/mol. The highest BCUT2D eigenvalue weighted by molar-refractivity contribution is 6.17. The predicted octanol–water partition coefficient (Wildman–Crippen LogP) is 4.63. The molecule has 0 saturated heterocycles. The minimum atomic E-state index is 0.597. The second kappa shape index (κ2) is 6.67. The topological polar surface area (TPSA) is 0 Å². The van der Waals surface area contributed by atoms with Crippen LogP contribution in [0.2, 0.25) is 0 Å². The molecule has 1 rings (SSSR count). The number of hydrogen-bond donors (Lipinski definition) is 0. The summed E-state index contributed by atoms with van der Waals surface area (Å²) in [5.41, 5.74) is 2.44. The molecule has 0 nitrogen and oxygen atoms in total. The number of halogens is 1. The highest BCUT2D eigenvalue weighted by atomic mass is 35.5. The third kappa shape index (κ3) is 3.97. The number of hydrogen-bond acceptors (Lipinski definition) is 0. The van der Waals surface area contributed by atoms with E-state index < -0.39 is 0 Å². The summed E-state index contributed by atoms with van der Waals surface area (Å²) in [6.45, 7) is 2.21. The molecule has 0 amide bonds. The van der Waals surface area contributed by atoms with E-state index in [1.54, 1.807) is 0 Å². The minimum absolute atomic E-state index is 0.597. The first-order valence-electron chi connectivity index (χ1n) is 5.18. The van der Waals surface area contributed by atoms with Crippen molar-refractivity contribution in [1.82, 2.24) is 0 Å². The van der Waals surface area contributed by atoms with Gasteiger partial charge < -0.3 is 0 Å². The molecule has 1 aromatic carbocycles. The van der Waals surface area contributed by atoms with Crippen molar-refractivity contribution in [2.75, 3.05) is 0 Å². The van der Waals surface area contributed by atoms with Gasteiger partial charge in [0.1, 0.15) is 0 Å². The molecular weight excluding hydrogens is 192 g/mol. The van der Waals surface area contributed by atoms with Crippen molar-refractivity contribution in [3.63, 3.8) is 0 Å². The Morgan fingerprint density at radius 2 is 1.93 bits per heavy atom. The smallest absolute Gasteiger partial charge is 0.0474 e. The maximum absolute atomic E-state index is 5.71. The second-order valence-corrected chi connectivity index (χ2v) is 3.69. The van der Waals surface area contributed by atoms with Crippen molar-refractivity contribution in [2.24, 2.45) is 0 Å². The Morgan fingerprint density at radius 3 is 2.50 bits per heavy atom. The van der Waals surface area contributed by atoms with Crippen molar-refractivity contribution in [2.45, 2.75) is 32.1 Å². The second-order valence-electron chi connectivity index (χ2n) is 3.42. The van der Waals surface area contributed by atoms with Gasteiger partial charge in [-0.05, 0) is 17.5 Å². The molecule has 0 aromatic heterocycles. The molecule has 0 aliphatic carbocycles. The lowest BCUT2D eigenvalue weighted by atomic mass is 10.1. The van der Waals surface area contributed by atoms with E-state index >= 15 is 0 Å². The fraction of sp³-hybridized carbons (Fsp3) is 0.385. The van der Waals surface area contributed by atoms with Crippen molar-refractivity contribution in [1.29, 1.82) is 0 Å². The number of alkyl halides is 1. The van der Waals surface area contributed by atoms with Gasteiger partial charge in [0.2, 0.25) is 0 Å². The van der Waals surface area contributed by atoms with E-state index in [9.17, 15) is 0 Å². The lowest BCUT2D eigenvalue weighted by molar-refractivity contribution is 0.816. The molecule has 0 bridgehead atoms. The van der Waals surface area contributed by atoms with Crippen LogP contribution in [-0.4, -0.2) is 0 Å². The van der Waals surface area contributed by atoms with Crippen LogP contribution in [0.15, 0.2) is 30.3 Å². The van der Waals surface area contributed by atoms with E-state index in [1.165, 1.54) is 30.4 Å². The molecule has 0 atom stereocenters. The van der Waals surface area contributed by atoms with E-state index in [1.807, 2.05) is 0 Å². The summed E-state index contributed by atoms with van der Waals surface area (Å²) >= 11 is 5.71. The molecule has 0 unspecified atom stereocenters. The summed E-state index contributed by atoms with van der Waals surface area (Å²) in [6, 6.07) is 8.37. The van der Waals surface area contributed by atoms with Crippen LogP contribution in [0.5, 0.6) is 0 Å². The van der Waals surface area contributed by atoms with E-state index in [0.717, 1.165) is 0 Å². The SMILES string of the molecule is CCCCC=Cc1ccc(CCl)cc1. The highest BCUT2D eigenvalue weighted by Crippen LogP contribution is 2.09. The highest BCUT2D eigenvalue weighted by Gasteiger charge is 1.89. The van der Waals surface area contributed by atoms with Gasteiger partial charge in [0.15, 0.2) is 0 Å². The van der Waals surface area contributed by atoms with Crippen LogP contribution in [0.3, 0.4) is 0 Å². The van der Waals surface area contributed by atoms with Crippen LogP contribution in [0, 0.1) is 0 Å². The molecule has 0 radical (unpaired) electrons. The quantitative estimate of drug-likeness (QED) is 0.489. The summed E-state index contributed by atoms with van der Waals surface area (Å²) in [7, 11) is 0. The Balaban J connectivity index is 2.47. The summed E-state index contributed by atoms with van der Waals surface area (Å²) < 4.78 is 0. The van der Waals surface area contributed by atoms with Crippen molar-refractivity contribution < 1.29 is 0 Å². The Kier molecular flexibility index (Phi) is 5.39. The lowest BCUT2D eigenvalue weighted by Crippen LogP contribution is -1.77. The number of rotatable bonds is 5. The van der Waals surface area contributed by atoms with Gasteiger partial charge in [-0.1, -0.05) is 56.2 Å². The number of benzene rings is 1. The molecule has 0 saturated carbocycles. The van der Waals surface area contributed by atoms with Gasteiger partial charge in [-0.15, -0.1) is 11.6 Å². The molecule has 1 heteroatoms. The molecule has 0 heterocycles. The van der Waals surface area contributed by atoms with Gasteiger partial charge in [-0.2, -0.15) is 0 Å². The van der Waals surface area contributed by atoms with Gasteiger partial charge in [-0.3, -0.25) is 0 Å². The minimum Gasteiger partial charge on any atom is -0.122 e. The lowest BCUT2D eigenvalue weighted by Gasteiger charge is -1.96. The molecule has 1 aromatic rings. The zero-order chi connectivity index (χ0) is 10.2. The molecule has 0 aliphatic rings. The fourth-order valence-electron chi connectivity index (χ4n) is 1.26. The first-order chi connectivity index (χ1) is 6.86. The van der Waals surface area contributed by atoms with Crippen molar-refractivity contribution in [3.8, 4) is 0 Å². The summed E-state index contributed by atoms with van der Waals surface area (Å²) in [6.07, 6.45) is 8.12. The zero-order valence-electron chi connectivity index (χ0n) is 8.67. The maximum Gasteiger partial charge on any atom is 0.0474 e. The van der Waals surface area contributed by atoms with Gasteiger partial charge in [0.05, 0.1) is 0 Å². The van der Waals surface area contributed by atoms with Crippen LogP contribution in [-0.2, 0) is 5.88 Å². The van der Waals surface area contributed by atoms with Crippen LogP contribution in [0.1, 0.15) is 37.3 Å². The molecule has 0 N–H and O–H groups in total. The van der Waals surface area contributed by atoms with Crippen molar-refractivity contribution >= 4 is 17.7 Å². The monoisotopic (exact) mass is 208 g/mol. The average molecular weight is 209 g/mol. The zero-order valence-corrected chi connectivity index (χ0v) is 9.43. The molecule has 76 valence electrons. The first kappa shape index (κ1) is 11.3. The molecular formula is C13H17Cl. The molecule has 0 aliphatic heterocycles. The van der Waals surface area contributed by atoms with Gasteiger partial charge in [0, 0.05) is 5.88 Å². The summed E-state index contributed by atoms with van der Waals surface area (Å²) in [5, 5.41) is 0. The van der Waals surface area contributed by atoms with Gasteiger partial charge in [-0.25, -0.2) is 0 Å². The largest absolute Gasteiger partial charge is 0.122 e. The Bertz CT molecular complexity index is 272. The molecule has 0 fully saturated rings. The fourth-order valence-corrected chi connectivity index (χ4v) is 1.44. The normalized spacial score (nSPS) is 11.0. The van der Waals surface area contributed by atoms with E-state index in [-0.39, 0.29) is 0 Å². The van der Waals surface area contributed by atoms with Crippen molar-refractivity contribution in [3.05, 3.63) is 41.5 Å². The summed E-state index contributed by atoms with van der Waals surface area (Å²) in [4.78, 5) is 0. The van der Waals surface area contributed by atoms with Gasteiger partial charge in [0.25, 0.3) is 0 Å². The Hall–Kier alpha value is -0.750. The van der Waals surface area contributed by atoms with Crippen LogP contribution < -0.4 is 0 Å². The van der Waals surface area contributed by atoms with E-state index in [2.05, 4.69) is 43.3 Å². The average Bonchev–Trinajstić information content (AvgIpc) is 2.25. The third-order valence-corrected chi connectivity index (χ3v) is 2.48. The van der Waals surface area contributed by atoms with E-state index in [0.29, 0.717) is 5.88 Å². The van der Waals surface area contributed by atoms with Crippen LogP contribution in [0.4, 0.5) is 0 Å². The maximum atomic E-state index is 5.71. The van der Waals surface area contributed by atoms with Crippen LogP contribution in [0.25, 0.3) is 6.08 Å². The molecule has 0 spiro atoms. The summed E-state index contributed by atoms with van der Waals surface area (Å²) in [5.74, 6) is 0.597. The third-order valence-electron chi connectivity index (χ3n) is 2.17. The van der Waals surface area contributed by atoms with Gasteiger partial charge >= 0.3 is 0 Å². The molecule has 14 heavy (non-hydrogen) atoms. The number of unbranched alkanes of at least 4 members (excludes halogenated alkanes) is 2. The van der Waals surface area contributed by atoms with Crippen LogP contribution >= 0.6 is 11.6 Å². The Morgan fingerprint density at radius 1 is 1.21 bits per heavy atom. The first-order valence-corrected chi connectivity index (χ1v) is 5.71.